The first-order valence-corrected chi connectivity index (χ1v) is 13.1. The summed E-state index contributed by atoms with van der Waals surface area (Å²) in [5, 5.41) is 1.10. The van der Waals surface area contributed by atoms with E-state index in [-0.39, 0.29) is 13.1 Å². The first-order valence-electron chi connectivity index (χ1n) is 11.6. The van der Waals surface area contributed by atoms with Crippen LogP contribution < -0.4 is 4.74 Å². The van der Waals surface area contributed by atoms with Gasteiger partial charge >= 0.3 is 0 Å². The molecule has 186 valence electrons. The second kappa shape index (κ2) is 9.52. The fourth-order valence-electron chi connectivity index (χ4n) is 4.91. The standard InChI is InChI=1S/C28H26F2N2O3S/c1-19-28(21-12-14-31(15-13-21)36(33,34)27-11-10-22(29)17-25(27)30)24-8-3-4-9-26(24)32(19)18-20-6-5-7-23(16-20)35-2/h3-12,16-17H,13-15,18H2,1-2H3. The number of benzene rings is 3. The van der Waals surface area contributed by atoms with Gasteiger partial charge in [0.15, 0.2) is 0 Å². The van der Waals surface area contributed by atoms with E-state index in [4.69, 9.17) is 4.74 Å². The average molecular weight is 509 g/mol. The molecule has 0 atom stereocenters. The predicted molar refractivity (Wildman–Crippen MR) is 136 cm³/mol. The summed E-state index contributed by atoms with van der Waals surface area (Å²) in [7, 11) is -2.43. The molecule has 0 fully saturated rings. The summed E-state index contributed by atoms with van der Waals surface area (Å²) in [5.74, 6) is -1.09. The molecule has 36 heavy (non-hydrogen) atoms. The van der Waals surface area contributed by atoms with Gasteiger partial charge in [-0.15, -0.1) is 0 Å². The lowest BCUT2D eigenvalue weighted by Crippen LogP contribution is -2.35. The van der Waals surface area contributed by atoms with Crippen LogP contribution in [0.4, 0.5) is 8.78 Å². The molecule has 0 aliphatic carbocycles. The number of nitrogens with zero attached hydrogens (tertiary/aromatic N) is 2. The molecule has 0 radical (unpaired) electrons. The Labute approximate surface area is 209 Å². The molecule has 0 spiro atoms. The van der Waals surface area contributed by atoms with Crippen LogP contribution in [0, 0.1) is 18.6 Å². The van der Waals surface area contributed by atoms with Crippen LogP contribution in [0.1, 0.15) is 23.2 Å². The van der Waals surface area contributed by atoms with Gasteiger partial charge in [0.1, 0.15) is 22.3 Å². The van der Waals surface area contributed by atoms with E-state index in [0.717, 1.165) is 51.2 Å². The van der Waals surface area contributed by atoms with Crippen LogP contribution in [0.3, 0.4) is 0 Å². The number of halogens is 2. The molecule has 3 aromatic carbocycles. The van der Waals surface area contributed by atoms with Crippen LogP contribution in [-0.2, 0) is 16.6 Å². The van der Waals surface area contributed by atoms with E-state index in [1.165, 1.54) is 4.31 Å². The second-order valence-electron chi connectivity index (χ2n) is 8.83. The van der Waals surface area contributed by atoms with Gasteiger partial charge in [-0.3, -0.25) is 0 Å². The molecule has 0 saturated carbocycles. The molecule has 2 heterocycles. The van der Waals surface area contributed by atoms with Crippen LogP contribution in [0.2, 0.25) is 0 Å². The maximum atomic E-state index is 14.2. The summed E-state index contributed by atoms with van der Waals surface area (Å²) >= 11 is 0. The minimum Gasteiger partial charge on any atom is -0.497 e. The Balaban J connectivity index is 1.49. The first kappa shape index (κ1) is 24.2. The number of sulfonamides is 1. The van der Waals surface area contributed by atoms with Crippen molar-refractivity contribution in [1.29, 1.82) is 0 Å². The Hall–Kier alpha value is -3.49. The van der Waals surface area contributed by atoms with Crippen LogP contribution in [0.25, 0.3) is 16.5 Å². The van der Waals surface area contributed by atoms with Crippen LogP contribution in [0.5, 0.6) is 5.75 Å². The number of aromatic nitrogens is 1. The van der Waals surface area contributed by atoms with Crippen LogP contribution >= 0.6 is 0 Å². The first-order chi connectivity index (χ1) is 17.3. The highest BCUT2D eigenvalue weighted by molar-refractivity contribution is 7.89. The summed E-state index contributed by atoms with van der Waals surface area (Å²) in [6.45, 7) is 3.07. The van der Waals surface area contributed by atoms with Gasteiger partial charge in [0.25, 0.3) is 0 Å². The van der Waals surface area contributed by atoms with E-state index in [1.54, 1.807) is 7.11 Å². The second-order valence-corrected chi connectivity index (χ2v) is 10.7. The number of para-hydroxylation sites is 1. The molecular formula is C28H26F2N2O3S. The monoisotopic (exact) mass is 508 g/mol. The molecule has 0 saturated heterocycles. The lowest BCUT2D eigenvalue weighted by molar-refractivity contribution is 0.414. The van der Waals surface area contributed by atoms with E-state index in [9.17, 15) is 17.2 Å². The van der Waals surface area contributed by atoms with E-state index < -0.39 is 26.6 Å². The zero-order valence-corrected chi connectivity index (χ0v) is 20.9. The van der Waals surface area contributed by atoms with Crippen molar-refractivity contribution >= 4 is 26.5 Å². The van der Waals surface area contributed by atoms with Crippen molar-refractivity contribution in [3.63, 3.8) is 0 Å². The highest BCUT2D eigenvalue weighted by Crippen LogP contribution is 2.36. The summed E-state index contributed by atoms with van der Waals surface area (Å²) < 4.78 is 62.4. The number of hydrogen-bond donors (Lipinski definition) is 0. The van der Waals surface area contributed by atoms with Gasteiger partial charge in [0.05, 0.1) is 7.11 Å². The Morgan fingerprint density at radius 3 is 2.53 bits per heavy atom. The lowest BCUT2D eigenvalue weighted by Gasteiger charge is -2.26. The fourth-order valence-corrected chi connectivity index (χ4v) is 6.34. The number of ether oxygens (including phenoxy) is 1. The average Bonchev–Trinajstić information content (AvgIpc) is 3.15. The molecule has 5 rings (SSSR count). The van der Waals surface area contributed by atoms with E-state index in [0.29, 0.717) is 19.0 Å². The topological polar surface area (TPSA) is 51.5 Å². The maximum absolute atomic E-state index is 14.2. The van der Waals surface area contributed by atoms with Gasteiger partial charge in [-0.05, 0) is 54.8 Å². The molecule has 1 aromatic heterocycles. The van der Waals surface area contributed by atoms with Crippen molar-refractivity contribution in [3.05, 3.63) is 101 Å². The fraction of sp³-hybridized carbons (Fsp3) is 0.214. The lowest BCUT2D eigenvalue weighted by atomic mass is 9.97. The molecule has 4 aromatic rings. The van der Waals surface area contributed by atoms with Crippen molar-refractivity contribution in [2.75, 3.05) is 20.2 Å². The molecular weight excluding hydrogens is 482 g/mol. The Morgan fingerprint density at radius 1 is 1.00 bits per heavy atom. The zero-order valence-electron chi connectivity index (χ0n) is 20.0. The smallest absolute Gasteiger partial charge is 0.246 e. The third-order valence-electron chi connectivity index (χ3n) is 6.71. The summed E-state index contributed by atoms with van der Waals surface area (Å²) in [6.07, 6.45) is 2.38. The molecule has 0 unspecified atom stereocenters. The van der Waals surface area contributed by atoms with Crippen LogP contribution in [-0.4, -0.2) is 37.5 Å². The normalized spacial score (nSPS) is 14.7. The molecule has 8 heteroatoms. The van der Waals surface area contributed by atoms with Crippen molar-refractivity contribution in [1.82, 2.24) is 8.87 Å². The van der Waals surface area contributed by atoms with Gasteiger partial charge in [-0.25, -0.2) is 17.2 Å². The van der Waals surface area contributed by atoms with Crippen molar-refractivity contribution in [2.24, 2.45) is 0 Å². The van der Waals surface area contributed by atoms with Gasteiger partial charge in [0.2, 0.25) is 10.0 Å². The van der Waals surface area contributed by atoms with Crippen LogP contribution in [0.15, 0.2) is 77.7 Å². The van der Waals surface area contributed by atoms with Crippen molar-refractivity contribution in [2.45, 2.75) is 24.8 Å². The maximum Gasteiger partial charge on any atom is 0.246 e. The van der Waals surface area contributed by atoms with Gasteiger partial charge in [-0.1, -0.05) is 36.4 Å². The summed E-state index contributed by atoms with van der Waals surface area (Å²) in [5.41, 5.74) is 5.45. The summed E-state index contributed by atoms with van der Waals surface area (Å²) in [4.78, 5) is -0.508. The molecule has 0 bridgehead atoms. The molecule has 1 aliphatic heterocycles. The van der Waals surface area contributed by atoms with Gasteiger partial charge in [0, 0.05) is 47.9 Å². The van der Waals surface area contributed by atoms with Gasteiger partial charge < -0.3 is 9.30 Å². The Kier molecular flexibility index (Phi) is 6.40. The van der Waals surface area contributed by atoms with Crippen molar-refractivity contribution < 1.29 is 21.9 Å². The minimum atomic E-state index is -4.08. The van der Waals surface area contributed by atoms with E-state index >= 15 is 0 Å². The largest absolute Gasteiger partial charge is 0.497 e. The number of fused-ring (bicyclic) bond motifs is 1. The molecule has 1 aliphatic rings. The Morgan fingerprint density at radius 2 is 1.81 bits per heavy atom. The molecule has 0 N–H and O–H groups in total. The quantitative estimate of drug-likeness (QED) is 0.333. The third-order valence-corrected chi connectivity index (χ3v) is 8.61. The molecule has 0 amide bonds. The minimum absolute atomic E-state index is 0.114. The SMILES string of the molecule is COc1cccc(Cn2c(C)c(C3=CCN(S(=O)(=O)c4ccc(F)cc4F)CC3)c3ccccc32)c1. The number of hydrogen-bond acceptors (Lipinski definition) is 3. The van der Waals surface area contributed by atoms with Gasteiger partial charge in [-0.2, -0.15) is 4.31 Å². The predicted octanol–water partition coefficient (Wildman–Crippen LogP) is 5.76. The van der Waals surface area contributed by atoms with E-state index in [2.05, 4.69) is 29.7 Å². The van der Waals surface area contributed by atoms with E-state index in [1.807, 2.05) is 36.4 Å². The zero-order chi connectivity index (χ0) is 25.4. The number of methoxy groups -OCH3 is 1. The number of rotatable bonds is 6. The highest BCUT2D eigenvalue weighted by Gasteiger charge is 2.30. The third kappa shape index (κ3) is 4.31. The summed E-state index contributed by atoms with van der Waals surface area (Å²) in [6, 6.07) is 18.7. The highest BCUT2D eigenvalue weighted by atomic mass is 32.2. The van der Waals surface area contributed by atoms with Crippen molar-refractivity contribution in [3.8, 4) is 5.75 Å². The molecule has 5 nitrogen and oxygen atoms in total. The Bertz CT molecular complexity index is 1590.